The van der Waals surface area contributed by atoms with E-state index in [0.29, 0.717) is 18.4 Å². The van der Waals surface area contributed by atoms with Crippen LogP contribution in [0.25, 0.3) is 0 Å². The minimum Gasteiger partial charge on any atom is -0.387 e. The quantitative estimate of drug-likeness (QED) is 0.791. The summed E-state index contributed by atoms with van der Waals surface area (Å²) in [6.45, 7) is 0. The fraction of sp³-hybridized carbons (Fsp3) is 0.400. The minimum atomic E-state index is -3.69. The highest BCUT2D eigenvalue weighted by atomic mass is 32.2. The Bertz CT molecular complexity index is 451. The number of rotatable bonds is 3. The molecule has 4 nitrogen and oxygen atoms in total. The van der Waals surface area contributed by atoms with E-state index in [1.807, 2.05) is 6.07 Å². The van der Waals surface area contributed by atoms with E-state index in [-0.39, 0.29) is 0 Å². The molecular weight excluding hydrogens is 214 g/mol. The van der Waals surface area contributed by atoms with Gasteiger partial charge in [-0.05, 0) is 18.4 Å². The summed E-state index contributed by atoms with van der Waals surface area (Å²) in [7, 11) is -3.69. The average Bonchev–Trinajstić information content (AvgIpc) is 2.98. The Hall–Kier alpha value is -0.910. The molecule has 2 rings (SSSR count). The number of nitrogens with two attached hydrogens (primary N) is 1. The molecular formula is C10H13NO3S. The van der Waals surface area contributed by atoms with Crippen molar-refractivity contribution < 1.29 is 13.5 Å². The van der Waals surface area contributed by atoms with Crippen LogP contribution < -0.4 is 5.14 Å². The fourth-order valence-corrected chi connectivity index (χ4v) is 2.89. The molecule has 0 amide bonds. The van der Waals surface area contributed by atoms with Gasteiger partial charge in [-0.2, -0.15) is 0 Å². The van der Waals surface area contributed by atoms with E-state index in [2.05, 4.69) is 0 Å². The second kappa shape index (κ2) is 3.30. The van der Waals surface area contributed by atoms with E-state index in [1.54, 1.807) is 24.3 Å². The van der Waals surface area contributed by atoms with Crippen molar-refractivity contribution in [2.24, 2.45) is 5.14 Å². The van der Waals surface area contributed by atoms with Crippen LogP contribution in [0, 0.1) is 0 Å². The maximum Gasteiger partial charge on any atom is 0.217 e. The summed E-state index contributed by atoms with van der Waals surface area (Å²) < 4.78 is 21.6. The third kappa shape index (κ3) is 1.67. The van der Waals surface area contributed by atoms with E-state index >= 15 is 0 Å². The first kappa shape index (κ1) is 10.6. The van der Waals surface area contributed by atoms with Crippen LogP contribution in [0.4, 0.5) is 0 Å². The van der Waals surface area contributed by atoms with Crippen molar-refractivity contribution >= 4 is 10.0 Å². The Morgan fingerprint density at radius 3 is 2.20 bits per heavy atom. The Balaban J connectivity index is 2.34. The third-order valence-corrected chi connectivity index (χ3v) is 4.69. The first-order chi connectivity index (χ1) is 6.97. The molecule has 0 radical (unpaired) electrons. The smallest absolute Gasteiger partial charge is 0.217 e. The number of primary sulfonamides is 1. The molecule has 5 heteroatoms. The molecule has 1 aliphatic carbocycles. The molecule has 0 heterocycles. The van der Waals surface area contributed by atoms with Crippen LogP contribution in [0.1, 0.15) is 24.5 Å². The van der Waals surface area contributed by atoms with Crippen molar-refractivity contribution in [2.45, 2.75) is 23.7 Å². The van der Waals surface area contributed by atoms with Crippen LogP contribution in [-0.4, -0.2) is 18.3 Å². The highest BCUT2D eigenvalue weighted by Gasteiger charge is 2.58. The van der Waals surface area contributed by atoms with Crippen LogP contribution in [-0.2, 0) is 10.0 Å². The zero-order valence-corrected chi connectivity index (χ0v) is 8.94. The summed E-state index contributed by atoms with van der Waals surface area (Å²) >= 11 is 0. The molecule has 0 unspecified atom stereocenters. The van der Waals surface area contributed by atoms with Gasteiger partial charge in [0.25, 0.3) is 0 Å². The zero-order valence-electron chi connectivity index (χ0n) is 8.13. The molecule has 1 saturated carbocycles. The van der Waals surface area contributed by atoms with E-state index in [9.17, 15) is 13.5 Å². The second-order valence-corrected chi connectivity index (χ2v) is 5.83. The van der Waals surface area contributed by atoms with Crippen molar-refractivity contribution in [3.05, 3.63) is 35.9 Å². The van der Waals surface area contributed by atoms with Gasteiger partial charge in [-0.25, -0.2) is 13.6 Å². The van der Waals surface area contributed by atoms with Crippen molar-refractivity contribution in [1.82, 2.24) is 0 Å². The number of hydrogen-bond acceptors (Lipinski definition) is 3. The molecule has 1 aromatic rings. The summed E-state index contributed by atoms with van der Waals surface area (Å²) in [5.41, 5.74) is 0.601. The van der Waals surface area contributed by atoms with Gasteiger partial charge in [0.05, 0.1) is 6.10 Å². The SMILES string of the molecule is NS(=O)(=O)C1([C@H](O)c2ccccc2)CC1. The molecule has 3 N–H and O–H groups in total. The number of aliphatic hydroxyl groups is 1. The summed E-state index contributed by atoms with van der Waals surface area (Å²) in [5.74, 6) is 0. The maximum absolute atomic E-state index is 11.3. The topological polar surface area (TPSA) is 80.4 Å². The summed E-state index contributed by atoms with van der Waals surface area (Å²) in [6.07, 6.45) is -0.155. The minimum absolute atomic E-state index is 0.432. The first-order valence-electron chi connectivity index (χ1n) is 4.73. The Kier molecular flexibility index (Phi) is 2.33. The molecule has 1 atom stereocenters. The van der Waals surface area contributed by atoms with Gasteiger partial charge in [-0.15, -0.1) is 0 Å². The third-order valence-electron chi connectivity index (χ3n) is 2.92. The van der Waals surface area contributed by atoms with Crippen LogP contribution in [0.15, 0.2) is 30.3 Å². The van der Waals surface area contributed by atoms with Crippen LogP contribution >= 0.6 is 0 Å². The largest absolute Gasteiger partial charge is 0.387 e. The lowest BCUT2D eigenvalue weighted by molar-refractivity contribution is 0.163. The molecule has 0 aromatic heterocycles. The number of aliphatic hydroxyl groups excluding tert-OH is 1. The lowest BCUT2D eigenvalue weighted by Crippen LogP contribution is -2.36. The van der Waals surface area contributed by atoms with Crippen molar-refractivity contribution in [3.63, 3.8) is 0 Å². The van der Waals surface area contributed by atoms with E-state index in [0.717, 1.165) is 0 Å². The van der Waals surface area contributed by atoms with Gasteiger partial charge in [0.2, 0.25) is 10.0 Å². The van der Waals surface area contributed by atoms with E-state index < -0.39 is 20.9 Å². The highest BCUT2D eigenvalue weighted by molar-refractivity contribution is 7.90. The van der Waals surface area contributed by atoms with Gasteiger partial charge in [0.1, 0.15) is 4.75 Å². The number of benzene rings is 1. The molecule has 1 aliphatic rings. The number of hydrogen-bond donors (Lipinski definition) is 2. The molecule has 1 fully saturated rings. The molecule has 0 spiro atoms. The molecule has 0 bridgehead atoms. The molecule has 15 heavy (non-hydrogen) atoms. The zero-order chi connectivity index (χ0) is 11.1. The van der Waals surface area contributed by atoms with Gasteiger partial charge >= 0.3 is 0 Å². The lowest BCUT2D eigenvalue weighted by Gasteiger charge is -2.20. The predicted octanol–water partition coefficient (Wildman–Crippen LogP) is 0.541. The monoisotopic (exact) mass is 227 g/mol. The Morgan fingerprint density at radius 1 is 1.27 bits per heavy atom. The summed E-state index contributed by atoms with van der Waals surface area (Å²) in [5, 5.41) is 15.1. The normalized spacial score (nSPS) is 20.9. The fourth-order valence-electron chi connectivity index (χ4n) is 1.78. The molecule has 1 aromatic carbocycles. The van der Waals surface area contributed by atoms with Gasteiger partial charge in [0, 0.05) is 0 Å². The lowest BCUT2D eigenvalue weighted by atomic mass is 10.1. The van der Waals surface area contributed by atoms with Crippen LogP contribution in [0.5, 0.6) is 0 Å². The first-order valence-corrected chi connectivity index (χ1v) is 6.27. The van der Waals surface area contributed by atoms with Crippen molar-refractivity contribution in [2.75, 3.05) is 0 Å². The Labute approximate surface area is 88.8 Å². The van der Waals surface area contributed by atoms with Gasteiger partial charge < -0.3 is 5.11 Å². The standard InChI is InChI=1S/C10H13NO3S/c11-15(13,14)10(6-7-10)9(12)8-4-2-1-3-5-8/h1-5,9,12H,6-7H2,(H2,11,13,14)/t9-/m1/s1. The average molecular weight is 227 g/mol. The molecule has 0 aliphatic heterocycles. The number of sulfonamides is 1. The van der Waals surface area contributed by atoms with Crippen LogP contribution in [0.2, 0.25) is 0 Å². The second-order valence-electron chi connectivity index (χ2n) is 3.92. The predicted molar refractivity (Wildman–Crippen MR) is 56.5 cm³/mol. The Morgan fingerprint density at radius 2 is 1.80 bits per heavy atom. The van der Waals surface area contributed by atoms with Crippen LogP contribution in [0.3, 0.4) is 0 Å². The maximum atomic E-state index is 11.3. The van der Waals surface area contributed by atoms with E-state index in [1.165, 1.54) is 0 Å². The van der Waals surface area contributed by atoms with Gasteiger partial charge in [0.15, 0.2) is 0 Å². The summed E-state index contributed by atoms with van der Waals surface area (Å²) in [4.78, 5) is 0. The summed E-state index contributed by atoms with van der Waals surface area (Å²) in [6, 6.07) is 8.74. The highest BCUT2D eigenvalue weighted by Crippen LogP contribution is 2.51. The molecule has 0 saturated heterocycles. The van der Waals surface area contributed by atoms with E-state index in [4.69, 9.17) is 5.14 Å². The van der Waals surface area contributed by atoms with Crippen molar-refractivity contribution in [1.29, 1.82) is 0 Å². The van der Waals surface area contributed by atoms with Crippen molar-refractivity contribution in [3.8, 4) is 0 Å². The van der Waals surface area contributed by atoms with Gasteiger partial charge in [-0.1, -0.05) is 30.3 Å². The molecule has 82 valence electrons. The van der Waals surface area contributed by atoms with Gasteiger partial charge in [-0.3, -0.25) is 0 Å².